The maximum absolute atomic E-state index is 13.2. The van der Waals surface area contributed by atoms with E-state index < -0.39 is 5.41 Å². The summed E-state index contributed by atoms with van der Waals surface area (Å²) >= 11 is 0. The summed E-state index contributed by atoms with van der Waals surface area (Å²) in [5.74, 6) is 0.0914. The average Bonchev–Trinajstić information content (AvgIpc) is 3.21. The molecule has 4 heteroatoms. The highest BCUT2D eigenvalue weighted by atomic mass is 16.2. The molecule has 25 heavy (non-hydrogen) atoms. The van der Waals surface area contributed by atoms with Crippen LogP contribution in [-0.2, 0) is 21.4 Å². The number of imide groups is 1. The fraction of sp³-hybridized carbons (Fsp3) is 0.619. The molecule has 2 saturated heterocycles. The van der Waals surface area contributed by atoms with Crippen molar-refractivity contribution in [1.29, 1.82) is 0 Å². The van der Waals surface area contributed by atoms with Crippen LogP contribution in [-0.4, -0.2) is 47.8 Å². The first kappa shape index (κ1) is 16.8. The van der Waals surface area contributed by atoms with Gasteiger partial charge in [0.25, 0.3) is 0 Å². The fourth-order valence-corrected chi connectivity index (χ4v) is 4.96. The zero-order chi connectivity index (χ0) is 17.3. The summed E-state index contributed by atoms with van der Waals surface area (Å²) in [6.07, 6.45) is 7.82. The summed E-state index contributed by atoms with van der Waals surface area (Å²) in [6, 6.07) is 8.22. The van der Waals surface area contributed by atoms with Crippen LogP contribution >= 0.6 is 0 Å². The Labute approximate surface area is 150 Å². The Balaban J connectivity index is 1.42. The third-order valence-electron chi connectivity index (χ3n) is 6.30. The molecule has 1 aliphatic carbocycles. The lowest BCUT2D eigenvalue weighted by Crippen LogP contribution is -2.41. The molecule has 4 nitrogen and oxygen atoms in total. The number of unbranched alkanes of at least 4 members (excludes halogenated alkanes) is 1. The van der Waals surface area contributed by atoms with E-state index in [0.29, 0.717) is 13.0 Å². The highest BCUT2D eigenvalue weighted by Gasteiger charge is 2.53. The smallest absolute Gasteiger partial charge is 0.240 e. The Morgan fingerprint density at radius 3 is 2.56 bits per heavy atom. The predicted octanol–water partition coefficient (Wildman–Crippen LogP) is 2.90. The van der Waals surface area contributed by atoms with E-state index in [0.717, 1.165) is 44.2 Å². The normalized spacial score (nSPS) is 26.6. The monoisotopic (exact) mass is 340 g/mol. The second-order valence-corrected chi connectivity index (χ2v) is 7.88. The Hall–Kier alpha value is -1.68. The molecule has 1 unspecified atom stereocenters. The van der Waals surface area contributed by atoms with E-state index in [4.69, 9.17) is 0 Å². The van der Waals surface area contributed by atoms with Crippen LogP contribution in [0.25, 0.3) is 0 Å². The predicted molar refractivity (Wildman–Crippen MR) is 97.3 cm³/mol. The van der Waals surface area contributed by atoms with Gasteiger partial charge in [-0.25, -0.2) is 0 Å². The molecule has 0 radical (unpaired) electrons. The van der Waals surface area contributed by atoms with E-state index >= 15 is 0 Å². The average molecular weight is 340 g/mol. The van der Waals surface area contributed by atoms with E-state index in [9.17, 15) is 9.59 Å². The first-order valence-electron chi connectivity index (χ1n) is 9.86. The zero-order valence-corrected chi connectivity index (χ0v) is 15.0. The van der Waals surface area contributed by atoms with Crippen LogP contribution in [0.5, 0.6) is 0 Å². The van der Waals surface area contributed by atoms with Gasteiger partial charge < -0.3 is 4.90 Å². The molecular formula is C21H28N2O2. The van der Waals surface area contributed by atoms with Gasteiger partial charge in [0, 0.05) is 13.0 Å². The molecule has 2 amide bonds. The number of carbonyl (C=O) groups is 2. The lowest BCUT2D eigenvalue weighted by molar-refractivity contribution is -0.140. The minimum absolute atomic E-state index is 0.0304. The standard InChI is InChI=1S/C21H28N2O2/c24-19-16-21(11-7-9-17-8-1-2-10-18(17)21)20(25)23(19)15-6-5-14-22-12-3-4-13-22/h1-2,8,10H,3-7,9,11-16H2. The Morgan fingerprint density at radius 2 is 1.72 bits per heavy atom. The highest BCUT2D eigenvalue weighted by molar-refractivity contribution is 6.09. The molecule has 2 heterocycles. The van der Waals surface area contributed by atoms with Crippen molar-refractivity contribution in [3.05, 3.63) is 35.4 Å². The molecule has 134 valence electrons. The first-order chi connectivity index (χ1) is 12.2. The van der Waals surface area contributed by atoms with Gasteiger partial charge in [-0.3, -0.25) is 14.5 Å². The van der Waals surface area contributed by atoms with Crippen LogP contribution in [0.1, 0.15) is 56.1 Å². The fourth-order valence-electron chi connectivity index (χ4n) is 4.96. The molecule has 3 aliphatic rings. The molecule has 0 saturated carbocycles. The van der Waals surface area contributed by atoms with Crippen molar-refractivity contribution in [3.63, 3.8) is 0 Å². The van der Waals surface area contributed by atoms with Crippen molar-refractivity contribution < 1.29 is 9.59 Å². The lowest BCUT2D eigenvalue weighted by atomic mass is 9.69. The third kappa shape index (κ3) is 3.01. The van der Waals surface area contributed by atoms with Crippen molar-refractivity contribution in [2.75, 3.05) is 26.2 Å². The molecule has 0 bridgehead atoms. The number of amides is 2. The number of likely N-dealkylation sites (tertiary alicyclic amines) is 2. The molecule has 2 fully saturated rings. The summed E-state index contributed by atoms with van der Waals surface area (Å²) in [7, 11) is 0. The topological polar surface area (TPSA) is 40.6 Å². The Bertz CT molecular complexity index is 666. The van der Waals surface area contributed by atoms with Crippen LogP contribution in [0, 0.1) is 0 Å². The molecule has 0 N–H and O–H groups in total. The summed E-state index contributed by atoms with van der Waals surface area (Å²) in [6.45, 7) is 4.11. The van der Waals surface area contributed by atoms with Gasteiger partial charge in [0.15, 0.2) is 0 Å². The van der Waals surface area contributed by atoms with Gasteiger partial charge >= 0.3 is 0 Å². The van der Waals surface area contributed by atoms with E-state index in [-0.39, 0.29) is 11.8 Å². The lowest BCUT2D eigenvalue weighted by Gasteiger charge is -2.33. The van der Waals surface area contributed by atoms with Gasteiger partial charge in [-0.05, 0) is 75.7 Å². The number of benzene rings is 1. The number of rotatable bonds is 5. The SMILES string of the molecule is O=C1CC2(CCCc3ccccc32)C(=O)N1CCCCN1CCCC1. The number of aryl methyl sites for hydroxylation is 1. The van der Waals surface area contributed by atoms with Gasteiger partial charge in [-0.15, -0.1) is 0 Å². The van der Waals surface area contributed by atoms with E-state index in [1.165, 1.54) is 31.5 Å². The molecule has 1 aromatic rings. The molecular weight excluding hydrogens is 312 g/mol. The first-order valence-corrected chi connectivity index (χ1v) is 9.86. The van der Waals surface area contributed by atoms with Crippen LogP contribution in [0.2, 0.25) is 0 Å². The Morgan fingerprint density at radius 1 is 0.960 bits per heavy atom. The van der Waals surface area contributed by atoms with Gasteiger partial charge in [0.1, 0.15) is 0 Å². The number of hydrogen-bond acceptors (Lipinski definition) is 3. The third-order valence-corrected chi connectivity index (χ3v) is 6.30. The minimum Gasteiger partial charge on any atom is -0.303 e. The molecule has 4 rings (SSSR count). The van der Waals surface area contributed by atoms with Gasteiger partial charge in [0.2, 0.25) is 11.8 Å². The minimum atomic E-state index is -0.569. The quantitative estimate of drug-likeness (QED) is 0.611. The zero-order valence-electron chi connectivity index (χ0n) is 15.0. The summed E-state index contributed by atoms with van der Waals surface area (Å²) in [4.78, 5) is 29.9. The van der Waals surface area contributed by atoms with Crippen molar-refractivity contribution in [1.82, 2.24) is 9.80 Å². The molecule has 1 aromatic carbocycles. The molecule has 1 spiro atoms. The van der Waals surface area contributed by atoms with E-state index in [1.54, 1.807) is 4.90 Å². The second kappa shape index (κ2) is 6.91. The second-order valence-electron chi connectivity index (χ2n) is 7.88. The van der Waals surface area contributed by atoms with E-state index in [2.05, 4.69) is 17.0 Å². The number of hydrogen-bond donors (Lipinski definition) is 0. The summed E-state index contributed by atoms with van der Waals surface area (Å²) < 4.78 is 0. The number of nitrogens with zero attached hydrogens (tertiary/aromatic N) is 2. The summed E-state index contributed by atoms with van der Waals surface area (Å²) in [5.41, 5.74) is 1.80. The van der Waals surface area contributed by atoms with Gasteiger partial charge in [-0.2, -0.15) is 0 Å². The molecule has 2 aliphatic heterocycles. The Kier molecular flexibility index (Phi) is 4.63. The molecule has 0 aromatic heterocycles. The van der Waals surface area contributed by atoms with Crippen molar-refractivity contribution >= 4 is 11.8 Å². The maximum atomic E-state index is 13.2. The van der Waals surface area contributed by atoms with Crippen LogP contribution in [0.3, 0.4) is 0 Å². The van der Waals surface area contributed by atoms with Crippen LogP contribution < -0.4 is 0 Å². The maximum Gasteiger partial charge on any atom is 0.240 e. The van der Waals surface area contributed by atoms with Crippen molar-refractivity contribution in [2.24, 2.45) is 0 Å². The van der Waals surface area contributed by atoms with Gasteiger partial charge in [-0.1, -0.05) is 24.3 Å². The number of carbonyl (C=O) groups excluding carboxylic acids is 2. The van der Waals surface area contributed by atoms with E-state index in [1.807, 2.05) is 12.1 Å². The van der Waals surface area contributed by atoms with Crippen molar-refractivity contribution in [3.8, 4) is 0 Å². The number of fused-ring (bicyclic) bond motifs is 2. The van der Waals surface area contributed by atoms with Crippen molar-refractivity contribution in [2.45, 2.75) is 56.8 Å². The van der Waals surface area contributed by atoms with Gasteiger partial charge in [0.05, 0.1) is 5.41 Å². The largest absolute Gasteiger partial charge is 0.303 e. The summed E-state index contributed by atoms with van der Waals surface area (Å²) in [5, 5.41) is 0. The highest BCUT2D eigenvalue weighted by Crippen LogP contribution is 2.45. The van der Waals surface area contributed by atoms with Crippen LogP contribution in [0.4, 0.5) is 0 Å². The molecule has 1 atom stereocenters. The van der Waals surface area contributed by atoms with Crippen LogP contribution in [0.15, 0.2) is 24.3 Å².